The van der Waals surface area contributed by atoms with E-state index in [0.29, 0.717) is 0 Å². The lowest BCUT2D eigenvalue weighted by Crippen LogP contribution is -2.17. The number of alkyl halides is 6. The van der Waals surface area contributed by atoms with E-state index in [-0.39, 0.29) is 34.7 Å². The number of nitrogens with zero attached hydrogens (tertiary/aromatic N) is 8. The third kappa shape index (κ3) is 7.66. The number of ether oxygens (including phenoxy) is 2. The van der Waals surface area contributed by atoms with Gasteiger partial charge in [0, 0.05) is 28.4 Å². The van der Waals surface area contributed by atoms with Crippen molar-refractivity contribution < 1.29 is 44.6 Å². The van der Waals surface area contributed by atoms with Gasteiger partial charge < -0.3 is 9.47 Å². The molecule has 0 bridgehead atoms. The molecule has 0 fully saturated rings. The molecule has 10 nitrogen and oxygen atoms in total. The Bertz CT molecular complexity index is 2570. The first kappa shape index (κ1) is 38.4. The monoisotopic (exact) mass is 736 g/mol. The van der Waals surface area contributed by atoms with E-state index in [0.717, 1.165) is 36.4 Å². The smallest absolute Gasteiger partial charge is 0.406 e. The second kappa shape index (κ2) is 14.8. The van der Waals surface area contributed by atoms with Gasteiger partial charge in [-0.3, -0.25) is 0 Å². The van der Waals surface area contributed by atoms with Crippen molar-refractivity contribution in [3.05, 3.63) is 173 Å². The van der Waals surface area contributed by atoms with Crippen LogP contribution in [0.15, 0.2) is 105 Å². The van der Waals surface area contributed by atoms with Gasteiger partial charge in [-0.25, -0.2) is 28.2 Å². The summed E-state index contributed by atoms with van der Waals surface area (Å²) in [6, 6.07) is 11.4. The molecule has 0 aromatic heterocycles. The Labute approximate surface area is 298 Å². The van der Waals surface area contributed by atoms with Crippen LogP contribution >= 0.6 is 0 Å². The molecule has 0 N–H and O–H groups in total. The lowest BCUT2D eigenvalue weighted by Gasteiger charge is -2.20. The number of hydrogen-bond donors (Lipinski definition) is 0. The van der Waals surface area contributed by atoms with Gasteiger partial charge >= 0.3 is 12.7 Å². The van der Waals surface area contributed by atoms with E-state index in [2.05, 4.69) is 28.9 Å². The quantitative estimate of drug-likeness (QED) is 0.174. The predicted molar refractivity (Wildman–Crippen MR) is 167 cm³/mol. The van der Waals surface area contributed by atoms with Crippen LogP contribution in [0.3, 0.4) is 0 Å². The molecule has 0 unspecified atom stereocenters. The number of rotatable bonds is 4. The highest BCUT2D eigenvalue weighted by Gasteiger charge is 2.45. The minimum absolute atomic E-state index is 0.0353. The van der Waals surface area contributed by atoms with Gasteiger partial charge in [-0.1, -0.05) is 18.2 Å². The Morgan fingerprint density at radius 1 is 0.630 bits per heavy atom. The van der Waals surface area contributed by atoms with Gasteiger partial charge in [0.2, 0.25) is 11.4 Å². The van der Waals surface area contributed by atoms with Gasteiger partial charge in [0.1, 0.15) is 35.3 Å². The Hall–Kier alpha value is -8.42. The van der Waals surface area contributed by atoms with Crippen LogP contribution < -0.4 is 0 Å². The molecular weight excluding hydrogens is 728 g/mol. The maximum absolute atomic E-state index is 16.5. The minimum Gasteiger partial charge on any atom is -0.406 e. The van der Waals surface area contributed by atoms with Gasteiger partial charge in [-0.15, -0.1) is 26.3 Å². The van der Waals surface area contributed by atoms with Crippen molar-refractivity contribution in [2.75, 3.05) is 0 Å². The molecule has 260 valence electrons. The molecule has 2 aromatic rings. The van der Waals surface area contributed by atoms with E-state index < -0.39 is 91.9 Å². The summed E-state index contributed by atoms with van der Waals surface area (Å²) in [5.41, 5.74) is -13.3. The summed E-state index contributed by atoms with van der Waals surface area (Å²) in [4.78, 5) is 12.1. The van der Waals surface area contributed by atoms with Gasteiger partial charge in [0.15, 0.2) is 11.4 Å². The molecule has 0 atom stereocenters. The first-order valence-corrected chi connectivity index (χ1v) is 13.9. The molecule has 18 heteroatoms. The van der Waals surface area contributed by atoms with Crippen LogP contribution in [-0.4, -0.2) is 12.7 Å². The van der Waals surface area contributed by atoms with Crippen molar-refractivity contribution in [1.82, 2.24) is 0 Å². The second-order valence-corrected chi connectivity index (χ2v) is 10.2. The molecule has 0 spiro atoms. The summed E-state index contributed by atoms with van der Waals surface area (Å²) in [5.74, 6) is -7.63. The van der Waals surface area contributed by atoms with Gasteiger partial charge in [0.05, 0.1) is 60.7 Å². The van der Waals surface area contributed by atoms with E-state index in [1.54, 1.807) is 12.1 Å². The van der Waals surface area contributed by atoms with E-state index in [1.165, 1.54) is 12.1 Å². The molecule has 0 amide bonds. The highest BCUT2D eigenvalue weighted by atomic mass is 19.4. The topological polar surface area (TPSA) is 131 Å². The fourth-order valence-electron chi connectivity index (χ4n) is 5.06. The van der Waals surface area contributed by atoms with Crippen LogP contribution in [0.5, 0.6) is 0 Å². The molecule has 0 saturated heterocycles. The number of nitriles is 4. The summed E-state index contributed by atoms with van der Waals surface area (Å²) in [6.45, 7) is 30.0. The molecule has 0 radical (unpaired) electrons. The van der Waals surface area contributed by atoms with E-state index in [4.69, 9.17) is 26.3 Å². The Morgan fingerprint density at radius 2 is 1.17 bits per heavy atom. The Balaban J connectivity index is 2.42. The van der Waals surface area contributed by atoms with Crippen LogP contribution in [0.25, 0.3) is 30.7 Å². The van der Waals surface area contributed by atoms with Crippen LogP contribution in [0.4, 0.5) is 46.5 Å². The first-order valence-electron chi connectivity index (χ1n) is 13.9. The summed E-state index contributed by atoms with van der Waals surface area (Å²) >= 11 is 0. The first-order chi connectivity index (χ1) is 25.5. The molecule has 2 aliphatic rings. The average molecular weight is 736 g/mol. The van der Waals surface area contributed by atoms with Crippen LogP contribution in [0.2, 0.25) is 0 Å². The summed E-state index contributed by atoms with van der Waals surface area (Å²) in [7, 11) is 0. The summed E-state index contributed by atoms with van der Waals surface area (Å²) in [6.07, 6.45) is -11.7. The normalized spacial score (nSPS) is 18.4. The lowest BCUT2D eigenvalue weighted by atomic mass is 9.92. The molecule has 0 aliphatic heterocycles. The fourth-order valence-corrected chi connectivity index (χ4v) is 5.06. The molecule has 2 aromatic carbocycles. The van der Waals surface area contributed by atoms with Gasteiger partial charge in [0.25, 0.3) is 0 Å². The molecule has 54 heavy (non-hydrogen) atoms. The van der Waals surface area contributed by atoms with Crippen molar-refractivity contribution >= 4 is 22.6 Å². The third-order valence-corrected chi connectivity index (χ3v) is 7.01. The second-order valence-electron chi connectivity index (χ2n) is 10.2. The van der Waals surface area contributed by atoms with Crippen molar-refractivity contribution in [2.24, 2.45) is 0 Å². The molecule has 0 saturated carbocycles. The van der Waals surface area contributed by atoms with E-state index >= 15 is 8.78 Å². The van der Waals surface area contributed by atoms with Crippen molar-refractivity contribution in [2.45, 2.75) is 12.7 Å². The van der Waals surface area contributed by atoms with Gasteiger partial charge in [-0.2, -0.15) is 21.0 Å². The zero-order chi connectivity index (χ0) is 40.1. The SMILES string of the molecule is [C-]#[N+]C1=C(F)/C(=C(/C#N)c2cc([N+]#[C-])cc([N+]#[C-])c2)C2=C1/C(OC(F)(F)F)=C/C(C#N)=C(F)\C(=C(\[N+]#[C-])c1cc(C#N)cc(C#N)c1)C=C2OC(F)(F)F. The highest BCUT2D eigenvalue weighted by molar-refractivity contribution is 5.93. The molecule has 4 rings (SSSR count). The average Bonchev–Trinajstić information content (AvgIpc) is 3.43. The van der Waals surface area contributed by atoms with Crippen molar-refractivity contribution in [3.8, 4) is 24.3 Å². The maximum atomic E-state index is 16.5. The number of benzene rings is 2. The summed E-state index contributed by atoms with van der Waals surface area (Å²) < 4.78 is 126. The molecule has 2 aliphatic carbocycles. The number of hydrogen-bond acceptors (Lipinski definition) is 6. The number of halogens is 8. The van der Waals surface area contributed by atoms with Crippen LogP contribution in [0.1, 0.15) is 22.3 Å². The predicted octanol–water partition coefficient (Wildman–Crippen LogP) is 10.2. The highest BCUT2D eigenvalue weighted by Crippen LogP contribution is 2.52. The standard InChI is InChI=1S/C36H8F8N8O2/c1-49-22-8-19(9-23(11-22)50-2)25(16-48)28-29-27(54-36(42,43)44)12-24(33(51-3)20-6-17(13-45)5-18(7-20)14-46)31(37)21(15-47)10-26(53-35(39,40)41)30(29)34(52-4)32(28)38/h5-12H/b26-10-,27-12?,28-25-,31-21-,33-24+. The molecule has 0 heterocycles. The maximum Gasteiger partial charge on any atom is 0.573 e. The van der Waals surface area contributed by atoms with E-state index in [1.807, 2.05) is 0 Å². The Kier molecular flexibility index (Phi) is 10.5. The van der Waals surface area contributed by atoms with E-state index in [9.17, 15) is 47.4 Å². The van der Waals surface area contributed by atoms with Crippen LogP contribution in [-0.2, 0) is 9.47 Å². The third-order valence-electron chi connectivity index (χ3n) is 7.01. The lowest BCUT2D eigenvalue weighted by molar-refractivity contribution is -0.306. The molecular formula is C36H8F8N8O2. The summed E-state index contributed by atoms with van der Waals surface area (Å²) in [5, 5.41) is 39.0. The fraction of sp³-hybridized carbons (Fsp3) is 0.0556. The van der Waals surface area contributed by atoms with Crippen molar-refractivity contribution in [3.63, 3.8) is 0 Å². The van der Waals surface area contributed by atoms with Crippen molar-refractivity contribution in [1.29, 1.82) is 21.0 Å². The largest absolute Gasteiger partial charge is 0.573 e. The van der Waals surface area contributed by atoms with Gasteiger partial charge in [-0.05, 0) is 35.4 Å². The minimum atomic E-state index is -5.88. The van der Waals surface area contributed by atoms with Crippen LogP contribution in [0, 0.1) is 71.6 Å². The zero-order valence-corrected chi connectivity index (χ0v) is 26.0. The zero-order valence-electron chi connectivity index (χ0n) is 26.0. The Morgan fingerprint density at radius 3 is 1.59 bits per heavy atom. The number of allylic oxidation sites excluding steroid dienone is 8.